The molecule has 3 rings (SSSR count). The molecule has 0 spiro atoms. The Morgan fingerprint density at radius 3 is 2.58 bits per heavy atom. The number of amides is 1. The summed E-state index contributed by atoms with van der Waals surface area (Å²) in [5.41, 5.74) is 0.801. The zero-order chi connectivity index (χ0) is 17.3. The third-order valence-electron chi connectivity index (χ3n) is 4.98. The van der Waals surface area contributed by atoms with E-state index >= 15 is 0 Å². The average molecular weight is 329 g/mol. The Morgan fingerprint density at radius 1 is 1.29 bits per heavy atom. The average Bonchev–Trinajstić information content (AvgIpc) is 2.94. The molecule has 5 nitrogen and oxygen atoms in total. The third kappa shape index (κ3) is 2.90. The van der Waals surface area contributed by atoms with Crippen LogP contribution >= 0.6 is 0 Å². The van der Waals surface area contributed by atoms with Gasteiger partial charge in [-0.25, -0.2) is 0 Å². The van der Waals surface area contributed by atoms with Crippen molar-refractivity contribution in [1.29, 1.82) is 0 Å². The molecule has 1 aliphatic carbocycles. The van der Waals surface area contributed by atoms with E-state index in [9.17, 15) is 14.7 Å². The van der Waals surface area contributed by atoms with E-state index in [1.54, 1.807) is 4.90 Å². The molecule has 1 saturated carbocycles. The number of para-hydroxylation sites is 1. The largest absolute Gasteiger partial charge is 0.481 e. The molecule has 0 aliphatic heterocycles. The molecular weight excluding hydrogens is 306 g/mol. The van der Waals surface area contributed by atoms with Crippen LogP contribution in [0.3, 0.4) is 0 Å². The maximum atomic E-state index is 12.9. The lowest BCUT2D eigenvalue weighted by Crippen LogP contribution is -2.47. The number of carboxylic acid groups (broad SMARTS) is 1. The molecule has 1 aromatic carbocycles. The van der Waals surface area contributed by atoms with Crippen LogP contribution in [0.1, 0.15) is 44.9 Å². The number of carboxylic acids is 1. The highest BCUT2D eigenvalue weighted by Gasteiger charge is 2.44. The van der Waals surface area contributed by atoms with Crippen molar-refractivity contribution in [2.24, 2.45) is 11.8 Å². The standard InChI is InChI=1S/C19H23NO4/c1-3-10-20(18(21)14-8-9-15(14)19(22)23)12(2)17-11-13-6-4-5-7-16(13)24-17/h4-7,11-12,14-15H,3,8-10H2,1-2H3,(H,22,23). The number of furan rings is 1. The molecular formula is C19H23NO4. The molecule has 5 heteroatoms. The SMILES string of the molecule is CCCN(C(=O)C1CCC1C(=O)O)C(C)c1cc2ccccc2o1. The summed E-state index contributed by atoms with van der Waals surface area (Å²) in [4.78, 5) is 25.9. The first kappa shape index (κ1) is 16.6. The van der Waals surface area contributed by atoms with Crippen molar-refractivity contribution in [3.05, 3.63) is 36.1 Å². The van der Waals surface area contributed by atoms with Crippen molar-refractivity contribution in [3.63, 3.8) is 0 Å². The molecule has 3 atom stereocenters. The number of carbonyl (C=O) groups excluding carboxylic acids is 1. The molecule has 1 aliphatic rings. The van der Waals surface area contributed by atoms with Gasteiger partial charge < -0.3 is 14.4 Å². The van der Waals surface area contributed by atoms with Crippen LogP contribution in [0, 0.1) is 11.8 Å². The number of aliphatic carboxylic acids is 1. The number of benzene rings is 1. The van der Waals surface area contributed by atoms with E-state index in [0.29, 0.717) is 19.4 Å². The topological polar surface area (TPSA) is 70.8 Å². The third-order valence-corrected chi connectivity index (χ3v) is 4.98. The molecule has 1 fully saturated rings. The molecule has 1 amide bonds. The summed E-state index contributed by atoms with van der Waals surface area (Å²) in [6.45, 7) is 4.56. The van der Waals surface area contributed by atoms with Gasteiger partial charge >= 0.3 is 5.97 Å². The zero-order valence-electron chi connectivity index (χ0n) is 14.1. The van der Waals surface area contributed by atoms with Crippen LogP contribution in [0.15, 0.2) is 34.7 Å². The minimum Gasteiger partial charge on any atom is -0.481 e. The van der Waals surface area contributed by atoms with Gasteiger partial charge in [0.1, 0.15) is 11.3 Å². The van der Waals surface area contributed by atoms with Crippen molar-refractivity contribution < 1.29 is 19.1 Å². The Morgan fingerprint density at radius 2 is 2.00 bits per heavy atom. The Kier molecular flexibility index (Phi) is 4.60. The molecule has 0 saturated heterocycles. The van der Waals surface area contributed by atoms with Crippen LogP contribution in [0.25, 0.3) is 11.0 Å². The molecule has 1 N–H and O–H groups in total. The first-order valence-electron chi connectivity index (χ1n) is 8.54. The Balaban J connectivity index is 1.84. The van der Waals surface area contributed by atoms with E-state index < -0.39 is 17.8 Å². The lowest BCUT2D eigenvalue weighted by atomic mass is 9.72. The minimum atomic E-state index is -0.868. The first-order chi connectivity index (χ1) is 11.5. The van der Waals surface area contributed by atoms with E-state index in [1.807, 2.05) is 44.2 Å². The summed E-state index contributed by atoms with van der Waals surface area (Å²) in [5, 5.41) is 10.2. The fraction of sp³-hybridized carbons (Fsp3) is 0.474. The fourth-order valence-electron chi connectivity index (χ4n) is 3.40. The summed E-state index contributed by atoms with van der Waals surface area (Å²) in [6.07, 6.45) is 2.06. The maximum Gasteiger partial charge on any atom is 0.307 e. The number of fused-ring (bicyclic) bond motifs is 1. The number of carbonyl (C=O) groups is 2. The highest BCUT2D eigenvalue weighted by atomic mass is 16.4. The number of hydrogen-bond acceptors (Lipinski definition) is 3. The summed E-state index contributed by atoms with van der Waals surface area (Å²) in [7, 11) is 0. The second kappa shape index (κ2) is 6.67. The van der Waals surface area contributed by atoms with Gasteiger partial charge in [-0.05, 0) is 38.3 Å². The summed E-state index contributed by atoms with van der Waals surface area (Å²) < 4.78 is 5.90. The van der Waals surface area contributed by atoms with Crippen LogP contribution in [0.5, 0.6) is 0 Å². The predicted octanol–water partition coefficient (Wildman–Crippen LogP) is 3.84. The summed E-state index contributed by atoms with van der Waals surface area (Å²) >= 11 is 0. The van der Waals surface area contributed by atoms with Gasteiger partial charge in [-0.15, -0.1) is 0 Å². The monoisotopic (exact) mass is 329 g/mol. The fourth-order valence-corrected chi connectivity index (χ4v) is 3.40. The van der Waals surface area contributed by atoms with Gasteiger partial charge in [-0.3, -0.25) is 9.59 Å². The van der Waals surface area contributed by atoms with E-state index in [1.165, 1.54) is 0 Å². The van der Waals surface area contributed by atoms with Gasteiger partial charge in [0.2, 0.25) is 5.91 Å². The first-order valence-corrected chi connectivity index (χ1v) is 8.54. The Labute approximate surface area is 141 Å². The molecule has 3 unspecified atom stereocenters. The zero-order valence-corrected chi connectivity index (χ0v) is 14.1. The number of rotatable bonds is 6. The number of nitrogens with zero attached hydrogens (tertiary/aromatic N) is 1. The van der Waals surface area contributed by atoms with Crippen molar-refractivity contribution in [2.75, 3.05) is 6.54 Å². The smallest absolute Gasteiger partial charge is 0.307 e. The van der Waals surface area contributed by atoms with Crippen LogP contribution in [-0.4, -0.2) is 28.4 Å². The van der Waals surface area contributed by atoms with Gasteiger partial charge in [-0.2, -0.15) is 0 Å². The Bertz CT molecular complexity index is 718. The van der Waals surface area contributed by atoms with Gasteiger partial charge in [0.15, 0.2) is 0 Å². The second-order valence-corrected chi connectivity index (χ2v) is 6.52. The van der Waals surface area contributed by atoms with Crippen molar-refractivity contribution >= 4 is 22.8 Å². The van der Waals surface area contributed by atoms with Crippen LogP contribution < -0.4 is 0 Å². The van der Waals surface area contributed by atoms with Gasteiger partial charge in [-0.1, -0.05) is 25.1 Å². The number of hydrogen-bond donors (Lipinski definition) is 1. The van der Waals surface area contributed by atoms with E-state index in [4.69, 9.17) is 4.42 Å². The van der Waals surface area contributed by atoms with Crippen molar-refractivity contribution in [3.8, 4) is 0 Å². The van der Waals surface area contributed by atoms with Crippen LogP contribution in [-0.2, 0) is 9.59 Å². The molecule has 1 aromatic heterocycles. The van der Waals surface area contributed by atoms with Gasteiger partial charge in [0, 0.05) is 11.9 Å². The van der Waals surface area contributed by atoms with E-state index in [2.05, 4.69) is 0 Å². The highest BCUT2D eigenvalue weighted by molar-refractivity contribution is 5.87. The minimum absolute atomic E-state index is 0.0662. The van der Waals surface area contributed by atoms with Gasteiger partial charge in [0.25, 0.3) is 0 Å². The normalized spacial score (nSPS) is 21.2. The summed E-state index contributed by atoms with van der Waals surface area (Å²) in [5.74, 6) is -1.14. The van der Waals surface area contributed by atoms with Crippen molar-refractivity contribution in [2.45, 2.75) is 39.2 Å². The molecule has 0 radical (unpaired) electrons. The van der Waals surface area contributed by atoms with E-state index in [-0.39, 0.29) is 11.9 Å². The predicted molar refractivity (Wildman–Crippen MR) is 90.5 cm³/mol. The molecule has 1 heterocycles. The molecule has 0 bridgehead atoms. The molecule has 24 heavy (non-hydrogen) atoms. The molecule has 128 valence electrons. The van der Waals surface area contributed by atoms with E-state index in [0.717, 1.165) is 23.2 Å². The second-order valence-electron chi connectivity index (χ2n) is 6.52. The quantitative estimate of drug-likeness (QED) is 0.874. The Hall–Kier alpha value is -2.30. The van der Waals surface area contributed by atoms with Crippen molar-refractivity contribution in [1.82, 2.24) is 4.90 Å². The highest BCUT2D eigenvalue weighted by Crippen LogP contribution is 2.38. The van der Waals surface area contributed by atoms with Crippen LogP contribution in [0.2, 0.25) is 0 Å². The molecule has 2 aromatic rings. The lowest BCUT2D eigenvalue weighted by molar-refractivity contribution is -0.157. The lowest BCUT2D eigenvalue weighted by Gasteiger charge is -2.38. The van der Waals surface area contributed by atoms with Crippen LogP contribution in [0.4, 0.5) is 0 Å². The van der Waals surface area contributed by atoms with Gasteiger partial charge in [0.05, 0.1) is 17.9 Å². The maximum absolute atomic E-state index is 12.9. The summed E-state index contributed by atoms with van der Waals surface area (Å²) in [6, 6.07) is 9.51.